The van der Waals surface area contributed by atoms with E-state index in [1.54, 1.807) is 12.4 Å². The van der Waals surface area contributed by atoms with Gasteiger partial charge in [-0.15, -0.1) is 0 Å². The summed E-state index contributed by atoms with van der Waals surface area (Å²) in [6.07, 6.45) is 4.17. The quantitative estimate of drug-likeness (QED) is 0.841. The first-order valence-corrected chi connectivity index (χ1v) is 6.27. The van der Waals surface area contributed by atoms with Gasteiger partial charge in [0.2, 0.25) is 5.91 Å². The van der Waals surface area contributed by atoms with Gasteiger partial charge in [-0.2, -0.15) is 0 Å². The van der Waals surface area contributed by atoms with Gasteiger partial charge >= 0.3 is 5.97 Å². The second-order valence-corrected chi connectivity index (χ2v) is 4.21. The molecule has 2 aromatic rings. The van der Waals surface area contributed by atoms with Crippen LogP contribution in [0.5, 0.6) is 0 Å². The minimum absolute atomic E-state index is 0.195. The molecule has 6 nitrogen and oxygen atoms in total. The van der Waals surface area contributed by atoms with Crippen molar-refractivity contribution in [2.24, 2.45) is 0 Å². The van der Waals surface area contributed by atoms with Crippen molar-refractivity contribution in [3.8, 4) is 0 Å². The summed E-state index contributed by atoms with van der Waals surface area (Å²) in [5.41, 5.74) is 0.649. The third-order valence-corrected chi connectivity index (χ3v) is 2.79. The number of rotatable bonds is 5. The summed E-state index contributed by atoms with van der Waals surface area (Å²) in [7, 11) is 1.33. The average Bonchev–Trinajstić information content (AvgIpc) is 2.47. The van der Waals surface area contributed by atoms with Gasteiger partial charge in [0.15, 0.2) is 5.82 Å². The van der Waals surface area contributed by atoms with E-state index < -0.39 is 0 Å². The molecule has 0 aliphatic carbocycles. The Morgan fingerprint density at radius 3 is 2.85 bits per heavy atom. The fraction of sp³-hybridized carbons (Fsp3) is 0.286. The van der Waals surface area contributed by atoms with E-state index in [0.717, 1.165) is 5.39 Å². The van der Waals surface area contributed by atoms with Gasteiger partial charge in [0, 0.05) is 30.6 Å². The Labute approximate surface area is 116 Å². The Balaban J connectivity index is 1.98. The first-order valence-electron chi connectivity index (χ1n) is 6.27. The topological polar surface area (TPSA) is 81.2 Å². The number of pyridine rings is 2. The Kier molecular flexibility index (Phi) is 4.60. The van der Waals surface area contributed by atoms with Crippen LogP contribution in [-0.4, -0.2) is 29.0 Å². The van der Waals surface area contributed by atoms with Gasteiger partial charge in [0.1, 0.15) is 5.52 Å². The Bertz CT molecular complexity index is 623. The fourth-order valence-electron chi connectivity index (χ4n) is 1.78. The zero-order chi connectivity index (χ0) is 14.4. The minimum atomic E-state index is -0.317. The van der Waals surface area contributed by atoms with E-state index in [1.165, 1.54) is 7.11 Å². The van der Waals surface area contributed by atoms with Crippen molar-refractivity contribution in [3.05, 3.63) is 30.6 Å². The molecule has 1 amide bonds. The molecule has 0 saturated heterocycles. The summed E-state index contributed by atoms with van der Waals surface area (Å²) in [5, 5.41) is 3.62. The summed E-state index contributed by atoms with van der Waals surface area (Å²) >= 11 is 0. The standard InChI is InChI=1S/C14H15N3O3/c1-20-12(19)6-2-5-11(18)17-14-13-10(7-9-16-14)4-3-8-15-13/h3-4,7-9H,2,5-6H2,1H3,(H,16,17,18). The van der Waals surface area contributed by atoms with Crippen LogP contribution in [0.25, 0.3) is 10.9 Å². The van der Waals surface area contributed by atoms with Crippen LogP contribution in [0.15, 0.2) is 30.6 Å². The molecule has 0 fully saturated rings. The summed E-state index contributed by atoms with van der Waals surface area (Å²) in [6, 6.07) is 5.55. The van der Waals surface area contributed by atoms with Gasteiger partial charge in [-0.05, 0) is 18.6 Å². The molecule has 104 valence electrons. The lowest BCUT2D eigenvalue weighted by Crippen LogP contribution is -2.13. The van der Waals surface area contributed by atoms with E-state index in [2.05, 4.69) is 20.0 Å². The number of hydrogen-bond donors (Lipinski definition) is 1. The summed E-state index contributed by atoms with van der Waals surface area (Å²) in [6.45, 7) is 0. The Morgan fingerprint density at radius 1 is 1.20 bits per heavy atom. The molecule has 2 aromatic heterocycles. The Hall–Kier alpha value is -2.50. The number of carbonyl (C=O) groups excluding carboxylic acids is 2. The molecule has 0 aliphatic heterocycles. The number of nitrogens with one attached hydrogen (secondary N) is 1. The molecular formula is C14H15N3O3. The number of anilines is 1. The fourth-order valence-corrected chi connectivity index (χ4v) is 1.78. The maximum absolute atomic E-state index is 11.8. The molecule has 0 atom stereocenters. The predicted molar refractivity (Wildman–Crippen MR) is 74.0 cm³/mol. The third kappa shape index (κ3) is 3.50. The molecule has 0 bridgehead atoms. The number of aromatic nitrogens is 2. The molecule has 0 radical (unpaired) electrons. The highest BCUT2D eigenvalue weighted by Gasteiger charge is 2.09. The number of esters is 1. The number of ether oxygens (including phenoxy) is 1. The number of hydrogen-bond acceptors (Lipinski definition) is 5. The van der Waals surface area contributed by atoms with Crippen LogP contribution in [0.2, 0.25) is 0 Å². The van der Waals surface area contributed by atoms with Crippen molar-refractivity contribution in [2.45, 2.75) is 19.3 Å². The van der Waals surface area contributed by atoms with Gasteiger partial charge in [-0.1, -0.05) is 6.07 Å². The maximum Gasteiger partial charge on any atom is 0.305 e. The molecule has 0 spiro atoms. The number of fused-ring (bicyclic) bond motifs is 1. The molecule has 0 aliphatic rings. The molecule has 6 heteroatoms. The second-order valence-electron chi connectivity index (χ2n) is 4.21. The largest absolute Gasteiger partial charge is 0.469 e. The van der Waals surface area contributed by atoms with Crippen molar-refractivity contribution >= 4 is 28.6 Å². The van der Waals surface area contributed by atoms with Crippen molar-refractivity contribution in [1.29, 1.82) is 0 Å². The molecule has 0 unspecified atom stereocenters. The summed E-state index contributed by atoms with van der Waals surface area (Å²) in [5.74, 6) is -0.0755. The third-order valence-electron chi connectivity index (χ3n) is 2.79. The molecule has 2 rings (SSSR count). The molecule has 0 aromatic carbocycles. The van der Waals surface area contributed by atoms with Crippen LogP contribution in [0.3, 0.4) is 0 Å². The normalized spacial score (nSPS) is 10.2. The van der Waals surface area contributed by atoms with Crippen molar-refractivity contribution < 1.29 is 14.3 Å². The van der Waals surface area contributed by atoms with Crippen LogP contribution in [0.1, 0.15) is 19.3 Å². The van der Waals surface area contributed by atoms with Crippen molar-refractivity contribution in [1.82, 2.24) is 9.97 Å². The van der Waals surface area contributed by atoms with E-state index in [1.807, 2.05) is 18.2 Å². The molecule has 20 heavy (non-hydrogen) atoms. The van der Waals surface area contributed by atoms with Gasteiger partial charge in [0.25, 0.3) is 0 Å². The molecule has 1 N–H and O–H groups in total. The zero-order valence-electron chi connectivity index (χ0n) is 11.1. The van der Waals surface area contributed by atoms with Crippen molar-refractivity contribution in [3.63, 3.8) is 0 Å². The maximum atomic E-state index is 11.8. The van der Waals surface area contributed by atoms with Crippen LogP contribution in [0, 0.1) is 0 Å². The lowest BCUT2D eigenvalue weighted by Gasteiger charge is -2.06. The predicted octanol–water partition coefficient (Wildman–Crippen LogP) is 1.91. The number of nitrogens with zero attached hydrogens (tertiary/aromatic N) is 2. The summed E-state index contributed by atoms with van der Waals surface area (Å²) < 4.78 is 4.51. The van der Waals surface area contributed by atoms with Crippen molar-refractivity contribution in [2.75, 3.05) is 12.4 Å². The molecular weight excluding hydrogens is 258 g/mol. The van der Waals surface area contributed by atoms with E-state index in [9.17, 15) is 9.59 Å². The highest BCUT2D eigenvalue weighted by atomic mass is 16.5. The number of carbonyl (C=O) groups is 2. The highest BCUT2D eigenvalue weighted by molar-refractivity contribution is 5.98. The Morgan fingerprint density at radius 2 is 2.05 bits per heavy atom. The van der Waals surface area contributed by atoms with Crippen LogP contribution >= 0.6 is 0 Å². The SMILES string of the molecule is COC(=O)CCCC(=O)Nc1nccc2cccnc12. The minimum Gasteiger partial charge on any atom is -0.469 e. The van der Waals surface area contributed by atoms with Gasteiger partial charge < -0.3 is 10.1 Å². The van der Waals surface area contributed by atoms with Gasteiger partial charge in [0.05, 0.1) is 7.11 Å². The van der Waals surface area contributed by atoms with E-state index in [4.69, 9.17) is 0 Å². The molecule has 0 saturated carbocycles. The van der Waals surface area contributed by atoms with Gasteiger partial charge in [-0.25, -0.2) is 4.98 Å². The molecule has 2 heterocycles. The first kappa shape index (κ1) is 13.9. The van der Waals surface area contributed by atoms with E-state index in [0.29, 0.717) is 17.8 Å². The number of methoxy groups -OCH3 is 1. The van der Waals surface area contributed by atoms with Crippen LogP contribution < -0.4 is 5.32 Å². The zero-order valence-corrected chi connectivity index (χ0v) is 11.1. The highest BCUT2D eigenvalue weighted by Crippen LogP contribution is 2.18. The lowest BCUT2D eigenvalue weighted by molar-refractivity contribution is -0.140. The second kappa shape index (κ2) is 6.60. The number of amides is 1. The van der Waals surface area contributed by atoms with E-state index >= 15 is 0 Å². The van der Waals surface area contributed by atoms with Crippen LogP contribution in [-0.2, 0) is 14.3 Å². The monoisotopic (exact) mass is 273 g/mol. The lowest BCUT2D eigenvalue weighted by atomic mass is 10.2. The summed E-state index contributed by atoms with van der Waals surface area (Å²) in [4.78, 5) is 31.1. The van der Waals surface area contributed by atoms with Gasteiger partial charge in [-0.3, -0.25) is 14.6 Å². The smallest absolute Gasteiger partial charge is 0.305 e. The first-order chi connectivity index (χ1) is 9.70. The van der Waals surface area contributed by atoms with E-state index in [-0.39, 0.29) is 24.7 Å². The average molecular weight is 273 g/mol. The van der Waals surface area contributed by atoms with Crippen LogP contribution in [0.4, 0.5) is 5.82 Å².